The highest BCUT2D eigenvalue weighted by molar-refractivity contribution is 7.10. The number of anilines is 1. The molecule has 5 heteroatoms. The van der Waals surface area contributed by atoms with E-state index in [1.807, 2.05) is 4.90 Å². The van der Waals surface area contributed by atoms with Gasteiger partial charge in [0.25, 0.3) is 5.91 Å². The van der Waals surface area contributed by atoms with Crippen molar-refractivity contribution in [2.24, 2.45) is 0 Å². The highest BCUT2D eigenvalue weighted by Gasteiger charge is 2.21. The number of hydrogen-bond acceptors (Lipinski definition) is 4. The molecule has 0 atom stereocenters. The van der Waals surface area contributed by atoms with Crippen molar-refractivity contribution in [3.8, 4) is 0 Å². The molecule has 13 heavy (non-hydrogen) atoms. The van der Waals surface area contributed by atoms with Crippen molar-refractivity contribution in [3.05, 3.63) is 11.8 Å². The van der Waals surface area contributed by atoms with Crippen LogP contribution in [0.4, 0.5) is 5.00 Å². The molecule has 2 rings (SSSR count). The van der Waals surface area contributed by atoms with Crippen LogP contribution in [0.5, 0.6) is 0 Å². The summed E-state index contributed by atoms with van der Waals surface area (Å²) in [5.41, 5.74) is 5.99. The first-order valence-electron chi connectivity index (χ1n) is 4.29. The molecule has 0 aromatic carbocycles. The Balaban J connectivity index is 2.12. The number of likely N-dealkylation sites (tertiary alicyclic amines) is 1. The summed E-state index contributed by atoms with van der Waals surface area (Å²) in [4.78, 5) is 13.5. The third-order valence-corrected chi connectivity index (χ3v) is 2.76. The van der Waals surface area contributed by atoms with E-state index in [0.717, 1.165) is 25.9 Å². The number of hydrogen-bond donors (Lipinski definition) is 1. The van der Waals surface area contributed by atoms with Crippen molar-refractivity contribution in [2.75, 3.05) is 18.8 Å². The van der Waals surface area contributed by atoms with Gasteiger partial charge in [0.2, 0.25) is 0 Å². The first-order valence-corrected chi connectivity index (χ1v) is 5.06. The van der Waals surface area contributed by atoms with E-state index < -0.39 is 0 Å². The summed E-state index contributed by atoms with van der Waals surface area (Å²) in [7, 11) is 0. The van der Waals surface area contributed by atoms with Crippen LogP contribution in [0.15, 0.2) is 6.07 Å². The van der Waals surface area contributed by atoms with Gasteiger partial charge in [0.15, 0.2) is 0 Å². The Hall–Kier alpha value is -1.10. The van der Waals surface area contributed by atoms with Crippen molar-refractivity contribution in [3.63, 3.8) is 0 Å². The highest BCUT2D eigenvalue weighted by Crippen LogP contribution is 2.16. The van der Waals surface area contributed by atoms with E-state index in [1.54, 1.807) is 6.07 Å². The predicted octanol–water partition coefficient (Wildman–Crippen LogP) is 0.961. The summed E-state index contributed by atoms with van der Waals surface area (Å²) in [6, 6.07) is 1.64. The molecule has 70 valence electrons. The van der Waals surface area contributed by atoms with Gasteiger partial charge in [-0.05, 0) is 24.4 Å². The van der Waals surface area contributed by atoms with E-state index in [2.05, 4.69) is 4.37 Å². The molecule has 1 aromatic heterocycles. The van der Waals surface area contributed by atoms with Gasteiger partial charge in [-0.2, -0.15) is 4.37 Å². The van der Waals surface area contributed by atoms with Crippen LogP contribution in [0, 0.1) is 0 Å². The van der Waals surface area contributed by atoms with Crippen molar-refractivity contribution < 1.29 is 4.79 Å². The smallest absolute Gasteiger partial charge is 0.273 e. The average Bonchev–Trinajstić information content (AvgIpc) is 2.72. The largest absolute Gasteiger partial charge is 0.389 e. The van der Waals surface area contributed by atoms with Crippen LogP contribution in [0.2, 0.25) is 0 Å². The molecule has 2 heterocycles. The van der Waals surface area contributed by atoms with Crippen molar-refractivity contribution in [1.82, 2.24) is 9.27 Å². The van der Waals surface area contributed by atoms with Gasteiger partial charge in [-0.3, -0.25) is 4.79 Å². The number of nitrogens with two attached hydrogens (primary N) is 1. The minimum absolute atomic E-state index is 0.0189. The molecular formula is C8H11N3OS. The summed E-state index contributed by atoms with van der Waals surface area (Å²) in [6.07, 6.45) is 2.21. The number of carbonyl (C=O) groups excluding carboxylic acids is 1. The molecule has 2 N–H and O–H groups in total. The number of carbonyl (C=O) groups is 1. The highest BCUT2D eigenvalue weighted by atomic mass is 32.1. The SMILES string of the molecule is Nc1cc(C(=O)N2CCCC2)ns1. The summed E-state index contributed by atoms with van der Waals surface area (Å²) < 4.78 is 3.99. The van der Waals surface area contributed by atoms with Crippen LogP contribution in [0.3, 0.4) is 0 Å². The molecule has 0 unspecified atom stereocenters. The molecule has 0 saturated carbocycles. The van der Waals surface area contributed by atoms with Crippen LogP contribution in [-0.4, -0.2) is 28.3 Å². The van der Waals surface area contributed by atoms with Gasteiger partial charge in [0, 0.05) is 19.2 Å². The fourth-order valence-electron chi connectivity index (χ4n) is 1.47. The molecule has 1 aliphatic rings. The molecule has 1 saturated heterocycles. The van der Waals surface area contributed by atoms with Gasteiger partial charge >= 0.3 is 0 Å². The van der Waals surface area contributed by atoms with E-state index >= 15 is 0 Å². The number of rotatable bonds is 1. The lowest BCUT2D eigenvalue weighted by Crippen LogP contribution is -2.27. The second kappa shape index (κ2) is 3.33. The number of nitrogens with zero attached hydrogens (tertiary/aromatic N) is 2. The maximum absolute atomic E-state index is 11.7. The summed E-state index contributed by atoms with van der Waals surface area (Å²) in [6.45, 7) is 1.71. The van der Waals surface area contributed by atoms with E-state index in [1.165, 1.54) is 11.5 Å². The van der Waals surface area contributed by atoms with E-state index in [4.69, 9.17) is 5.73 Å². The summed E-state index contributed by atoms with van der Waals surface area (Å²) >= 11 is 1.17. The maximum atomic E-state index is 11.7. The van der Waals surface area contributed by atoms with Crippen LogP contribution in [0.1, 0.15) is 23.3 Å². The first kappa shape index (κ1) is 8.50. The zero-order chi connectivity index (χ0) is 9.26. The van der Waals surface area contributed by atoms with Crippen molar-refractivity contribution >= 4 is 22.4 Å². The number of amides is 1. The quantitative estimate of drug-likeness (QED) is 0.729. The minimum atomic E-state index is 0.0189. The second-order valence-corrected chi connectivity index (χ2v) is 3.95. The third-order valence-electron chi connectivity index (χ3n) is 2.14. The Labute approximate surface area is 80.5 Å². The van der Waals surface area contributed by atoms with Crippen molar-refractivity contribution in [1.29, 1.82) is 0 Å². The zero-order valence-electron chi connectivity index (χ0n) is 7.19. The van der Waals surface area contributed by atoms with E-state index in [0.29, 0.717) is 10.7 Å². The molecule has 1 amide bonds. The molecule has 1 aromatic rings. The molecule has 0 spiro atoms. The lowest BCUT2D eigenvalue weighted by Gasteiger charge is -2.12. The molecule has 0 bridgehead atoms. The molecule has 0 aliphatic carbocycles. The Morgan fingerprint density at radius 2 is 2.23 bits per heavy atom. The minimum Gasteiger partial charge on any atom is -0.389 e. The molecular weight excluding hydrogens is 186 g/mol. The Morgan fingerprint density at radius 3 is 2.77 bits per heavy atom. The van der Waals surface area contributed by atoms with Crippen molar-refractivity contribution in [2.45, 2.75) is 12.8 Å². The Morgan fingerprint density at radius 1 is 1.54 bits per heavy atom. The predicted molar refractivity (Wildman–Crippen MR) is 51.7 cm³/mol. The molecule has 1 aliphatic heterocycles. The van der Waals surface area contributed by atoms with Gasteiger partial charge in [-0.15, -0.1) is 0 Å². The van der Waals surface area contributed by atoms with Gasteiger partial charge in [0.1, 0.15) is 10.7 Å². The van der Waals surface area contributed by atoms with Gasteiger partial charge in [0.05, 0.1) is 0 Å². The van der Waals surface area contributed by atoms with Gasteiger partial charge < -0.3 is 10.6 Å². The standard InChI is InChI=1S/C8H11N3OS/c9-7-5-6(10-13-7)8(12)11-3-1-2-4-11/h5H,1-4,9H2. The monoisotopic (exact) mass is 197 g/mol. The van der Waals surface area contributed by atoms with Crippen LogP contribution < -0.4 is 5.73 Å². The fourth-order valence-corrected chi connectivity index (χ4v) is 1.97. The number of aromatic nitrogens is 1. The molecule has 0 radical (unpaired) electrons. The van der Waals surface area contributed by atoms with E-state index in [9.17, 15) is 4.79 Å². The van der Waals surface area contributed by atoms with Gasteiger partial charge in [-0.25, -0.2) is 0 Å². The topological polar surface area (TPSA) is 59.2 Å². The summed E-state index contributed by atoms with van der Waals surface area (Å²) in [5, 5.41) is 0.600. The summed E-state index contributed by atoms with van der Waals surface area (Å²) in [5.74, 6) is 0.0189. The molecule has 4 nitrogen and oxygen atoms in total. The zero-order valence-corrected chi connectivity index (χ0v) is 8.01. The van der Waals surface area contributed by atoms with Crippen LogP contribution in [0.25, 0.3) is 0 Å². The fraction of sp³-hybridized carbons (Fsp3) is 0.500. The normalized spacial score (nSPS) is 16.5. The lowest BCUT2D eigenvalue weighted by molar-refractivity contribution is 0.0788. The maximum Gasteiger partial charge on any atom is 0.273 e. The Kier molecular flexibility index (Phi) is 2.18. The van der Waals surface area contributed by atoms with Crippen LogP contribution >= 0.6 is 11.5 Å². The van der Waals surface area contributed by atoms with E-state index in [-0.39, 0.29) is 5.91 Å². The third kappa shape index (κ3) is 1.65. The average molecular weight is 197 g/mol. The molecule has 1 fully saturated rings. The Bertz CT molecular complexity index is 317. The van der Waals surface area contributed by atoms with Crippen LogP contribution in [-0.2, 0) is 0 Å². The lowest BCUT2D eigenvalue weighted by atomic mass is 10.4. The number of nitrogen functional groups attached to an aromatic ring is 1. The van der Waals surface area contributed by atoms with Gasteiger partial charge in [-0.1, -0.05) is 0 Å². The second-order valence-electron chi connectivity index (χ2n) is 3.11. The first-order chi connectivity index (χ1) is 6.27.